The lowest BCUT2D eigenvalue weighted by molar-refractivity contribution is -0.132. The average Bonchev–Trinajstić information content (AvgIpc) is 2.47. The topological polar surface area (TPSA) is 36.4 Å². The van der Waals surface area contributed by atoms with Crippen LogP contribution in [0.1, 0.15) is 65.5 Å². The standard InChI is InChI=1S/C18H29N3O/c1-13(2)21(14(3)4)18-16(9-8-11-19-18)17-10-6-7-12-20(17)15(5)22/h8-9,11,13-14,17H,6-7,10,12H2,1-5H3/t17-/m0/s1. The summed E-state index contributed by atoms with van der Waals surface area (Å²) in [6.07, 6.45) is 5.16. The first-order valence-corrected chi connectivity index (χ1v) is 8.44. The first-order chi connectivity index (χ1) is 10.4. The van der Waals surface area contributed by atoms with Crippen LogP contribution >= 0.6 is 0 Å². The van der Waals surface area contributed by atoms with E-state index >= 15 is 0 Å². The number of rotatable bonds is 4. The molecule has 0 aliphatic carbocycles. The van der Waals surface area contributed by atoms with Gasteiger partial charge in [0, 0.05) is 37.3 Å². The molecule has 0 radical (unpaired) electrons. The van der Waals surface area contributed by atoms with Gasteiger partial charge in [0.25, 0.3) is 0 Å². The van der Waals surface area contributed by atoms with Gasteiger partial charge in [-0.15, -0.1) is 0 Å². The smallest absolute Gasteiger partial charge is 0.219 e. The fraction of sp³-hybridized carbons (Fsp3) is 0.667. The summed E-state index contributed by atoms with van der Waals surface area (Å²) in [5, 5.41) is 0. The number of hydrogen-bond donors (Lipinski definition) is 0. The molecule has 122 valence electrons. The summed E-state index contributed by atoms with van der Waals surface area (Å²) in [4.78, 5) is 21.1. The van der Waals surface area contributed by atoms with Crippen LogP contribution in [0, 0.1) is 0 Å². The Labute approximate surface area is 134 Å². The van der Waals surface area contributed by atoms with Gasteiger partial charge in [-0.05, 0) is 53.0 Å². The van der Waals surface area contributed by atoms with E-state index in [9.17, 15) is 4.79 Å². The van der Waals surface area contributed by atoms with Crippen molar-refractivity contribution in [3.8, 4) is 0 Å². The van der Waals surface area contributed by atoms with Crippen molar-refractivity contribution in [2.24, 2.45) is 0 Å². The Hall–Kier alpha value is -1.58. The molecule has 0 N–H and O–H groups in total. The molecule has 1 fully saturated rings. The second-order valence-corrected chi connectivity index (χ2v) is 6.73. The maximum Gasteiger partial charge on any atom is 0.219 e. The van der Waals surface area contributed by atoms with E-state index in [1.807, 2.05) is 17.2 Å². The van der Waals surface area contributed by atoms with Gasteiger partial charge in [-0.1, -0.05) is 6.07 Å². The summed E-state index contributed by atoms with van der Waals surface area (Å²) in [6.45, 7) is 11.3. The molecule has 22 heavy (non-hydrogen) atoms. The molecule has 2 heterocycles. The summed E-state index contributed by atoms with van der Waals surface area (Å²) in [5.41, 5.74) is 1.19. The van der Waals surface area contributed by atoms with E-state index in [-0.39, 0.29) is 11.9 Å². The van der Waals surface area contributed by atoms with Gasteiger partial charge in [0.2, 0.25) is 5.91 Å². The number of aromatic nitrogens is 1. The van der Waals surface area contributed by atoms with E-state index in [2.05, 4.69) is 43.6 Å². The monoisotopic (exact) mass is 303 g/mol. The number of amides is 1. The van der Waals surface area contributed by atoms with Crippen molar-refractivity contribution >= 4 is 11.7 Å². The highest BCUT2D eigenvalue weighted by Crippen LogP contribution is 2.36. The quantitative estimate of drug-likeness (QED) is 0.849. The molecule has 1 saturated heterocycles. The molecule has 1 aliphatic heterocycles. The van der Waals surface area contributed by atoms with Crippen LogP contribution < -0.4 is 4.90 Å². The van der Waals surface area contributed by atoms with Crippen LogP contribution in [0.2, 0.25) is 0 Å². The zero-order valence-electron chi connectivity index (χ0n) is 14.5. The Bertz CT molecular complexity index is 505. The summed E-state index contributed by atoms with van der Waals surface area (Å²) in [7, 11) is 0. The van der Waals surface area contributed by atoms with Crippen molar-refractivity contribution in [1.82, 2.24) is 9.88 Å². The van der Waals surface area contributed by atoms with Crippen LogP contribution in [0.4, 0.5) is 5.82 Å². The first kappa shape index (κ1) is 16.8. The third kappa shape index (κ3) is 3.42. The largest absolute Gasteiger partial charge is 0.351 e. The molecule has 1 aromatic heterocycles. The van der Waals surface area contributed by atoms with Crippen molar-refractivity contribution in [3.05, 3.63) is 23.9 Å². The minimum atomic E-state index is 0.162. The molecule has 1 atom stereocenters. The van der Waals surface area contributed by atoms with E-state index in [1.165, 1.54) is 12.0 Å². The second kappa shape index (κ2) is 7.12. The fourth-order valence-electron chi connectivity index (χ4n) is 3.60. The van der Waals surface area contributed by atoms with Gasteiger partial charge in [0.05, 0.1) is 6.04 Å². The highest BCUT2D eigenvalue weighted by atomic mass is 16.2. The van der Waals surface area contributed by atoms with Crippen molar-refractivity contribution in [2.45, 2.75) is 72.0 Å². The first-order valence-electron chi connectivity index (χ1n) is 8.44. The lowest BCUT2D eigenvalue weighted by atomic mass is 9.94. The van der Waals surface area contributed by atoms with Crippen LogP contribution in [-0.2, 0) is 4.79 Å². The van der Waals surface area contributed by atoms with Crippen LogP contribution in [0.15, 0.2) is 18.3 Å². The van der Waals surface area contributed by atoms with Crippen molar-refractivity contribution in [2.75, 3.05) is 11.4 Å². The SMILES string of the molecule is CC(=O)N1CCCC[C@H]1c1cccnc1N(C(C)C)C(C)C. The Morgan fingerprint density at radius 1 is 1.27 bits per heavy atom. The van der Waals surface area contributed by atoms with Gasteiger partial charge in [0.1, 0.15) is 5.82 Å². The van der Waals surface area contributed by atoms with E-state index in [0.717, 1.165) is 25.2 Å². The van der Waals surface area contributed by atoms with E-state index in [1.54, 1.807) is 6.92 Å². The molecule has 0 unspecified atom stereocenters. The highest BCUT2D eigenvalue weighted by molar-refractivity contribution is 5.74. The Balaban J connectivity index is 2.44. The number of nitrogens with zero attached hydrogens (tertiary/aromatic N) is 3. The molecule has 0 aromatic carbocycles. The van der Waals surface area contributed by atoms with Gasteiger partial charge in [-0.3, -0.25) is 4.79 Å². The molecule has 1 aromatic rings. The molecule has 1 aliphatic rings. The molecular formula is C18H29N3O. The van der Waals surface area contributed by atoms with Crippen LogP contribution in [0.3, 0.4) is 0 Å². The maximum absolute atomic E-state index is 12.0. The second-order valence-electron chi connectivity index (χ2n) is 6.73. The number of carbonyl (C=O) groups excluding carboxylic acids is 1. The number of pyridine rings is 1. The van der Waals surface area contributed by atoms with Gasteiger partial charge < -0.3 is 9.80 Å². The van der Waals surface area contributed by atoms with Crippen molar-refractivity contribution in [1.29, 1.82) is 0 Å². The zero-order chi connectivity index (χ0) is 16.3. The predicted molar refractivity (Wildman–Crippen MR) is 91.0 cm³/mol. The predicted octanol–water partition coefficient (Wildman–Crippen LogP) is 3.78. The molecular weight excluding hydrogens is 274 g/mol. The van der Waals surface area contributed by atoms with Crippen LogP contribution in [-0.4, -0.2) is 34.4 Å². The van der Waals surface area contributed by atoms with E-state index in [0.29, 0.717) is 12.1 Å². The van der Waals surface area contributed by atoms with E-state index in [4.69, 9.17) is 0 Å². The summed E-state index contributed by atoms with van der Waals surface area (Å²) in [5.74, 6) is 1.20. The number of anilines is 1. The molecule has 4 nitrogen and oxygen atoms in total. The lowest BCUT2D eigenvalue weighted by Gasteiger charge is -2.39. The van der Waals surface area contributed by atoms with E-state index < -0.39 is 0 Å². The third-order valence-corrected chi connectivity index (χ3v) is 4.44. The van der Waals surface area contributed by atoms with Crippen molar-refractivity contribution < 1.29 is 4.79 Å². The van der Waals surface area contributed by atoms with Gasteiger partial charge in [-0.2, -0.15) is 0 Å². The van der Waals surface area contributed by atoms with Gasteiger partial charge in [0.15, 0.2) is 0 Å². The number of piperidine rings is 1. The Morgan fingerprint density at radius 2 is 1.95 bits per heavy atom. The molecule has 2 rings (SSSR count). The fourth-order valence-corrected chi connectivity index (χ4v) is 3.60. The lowest BCUT2D eigenvalue weighted by Crippen LogP contribution is -2.41. The van der Waals surface area contributed by atoms with Gasteiger partial charge >= 0.3 is 0 Å². The summed E-state index contributed by atoms with van der Waals surface area (Å²) >= 11 is 0. The van der Waals surface area contributed by atoms with Crippen LogP contribution in [0.25, 0.3) is 0 Å². The molecule has 0 spiro atoms. The average molecular weight is 303 g/mol. The Kier molecular flexibility index (Phi) is 5.43. The molecule has 4 heteroatoms. The third-order valence-electron chi connectivity index (χ3n) is 4.44. The normalized spacial score (nSPS) is 18.9. The Morgan fingerprint density at radius 3 is 2.55 bits per heavy atom. The number of likely N-dealkylation sites (tertiary alicyclic amines) is 1. The minimum absolute atomic E-state index is 0.162. The number of hydrogen-bond acceptors (Lipinski definition) is 3. The highest BCUT2D eigenvalue weighted by Gasteiger charge is 2.30. The summed E-state index contributed by atoms with van der Waals surface area (Å²) in [6, 6.07) is 5.05. The zero-order valence-corrected chi connectivity index (χ0v) is 14.5. The molecule has 1 amide bonds. The molecule has 0 bridgehead atoms. The summed E-state index contributed by atoms with van der Waals surface area (Å²) < 4.78 is 0. The maximum atomic E-state index is 12.0. The minimum Gasteiger partial charge on any atom is -0.351 e. The molecule has 0 saturated carbocycles. The van der Waals surface area contributed by atoms with Crippen molar-refractivity contribution in [3.63, 3.8) is 0 Å². The van der Waals surface area contributed by atoms with Gasteiger partial charge in [-0.25, -0.2) is 4.98 Å². The number of carbonyl (C=O) groups is 1. The van der Waals surface area contributed by atoms with Crippen LogP contribution in [0.5, 0.6) is 0 Å².